The topological polar surface area (TPSA) is 443 Å². The van der Waals surface area contributed by atoms with Crippen LogP contribution in [0, 0.1) is 62.2 Å². The summed E-state index contributed by atoms with van der Waals surface area (Å²) < 4.78 is 437. The van der Waals surface area contributed by atoms with Gasteiger partial charge in [-0.2, -0.15) is 44.8 Å². The Morgan fingerprint density at radius 1 is 0.364 bits per heavy atom. The van der Waals surface area contributed by atoms with Crippen molar-refractivity contribution < 1.29 is 168 Å². The van der Waals surface area contributed by atoms with Gasteiger partial charge in [-0.15, -0.1) is 0 Å². The molecule has 0 amide bonds. The molecular weight excluding hydrogens is 2140 g/mol. The van der Waals surface area contributed by atoms with Gasteiger partial charge in [0.1, 0.15) is 22.6 Å². The first-order chi connectivity index (χ1) is 65.1. The molecule has 9 aromatic carbocycles. The van der Waals surface area contributed by atoms with Crippen LogP contribution in [0.25, 0.3) is 0 Å². The van der Waals surface area contributed by atoms with E-state index >= 15 is 0 Å². The third-order valence-electron chi connectivity index (χ3n) is 16.7. The number of nitriles is 1. The summed E-state index contributed by atoms with van der Waals surface area (Å²) in [7, 11) is -31.6. The SMILES string of the molecule is COc1ccccc1C(F)S(C)(=O)=O.CS(=O)(=O)C(c1ccccc1)c1ccccc1.CS(=O)(=O)Cc1c(F)c(F)c(F)c(F)c1F.CS(=O)(=O)Cc1cc(C(F)(F)F)cc(C(F)(F)F)c1.CS(=O)(=O)Cc1ccc(C#N)cc1.CS(=O)(=O)Cc1ccc(C(F)(F)F)cc1.CS(=O)(=O)Cc1ccc(F)cc1F.CS(=O)(=O)Cc1ccc([N+](=O)[O-])cc1.CS(=O)(=O)Cc1ccccn1.CS(=O)(=O)Cc1ccncc1. The number of nitrogens with zero attached hydrogens (tertiary/aromatic N) is 4. The first kappa shape index (κ1) is 127. The average Bonchev–Trinajstić information content (AvgIpc) is 0.785. The number of para-hydroxylation sites is 1. The summed E-state index contributed by atoms with van der Waals surface area (Å²) in [6.45, 7) is 0. The molecule has 11 aromatic rings. The Kier molecular flexibility index (Phi) is 48.8. The van der Waals surface area contributed by atoms with E-state index < -0.39 is 218 Å². The van der Waals surface area contributed by atoms with Gasteiger partial charge in [0.15, 0.2) is 122 Å². The smallest absolute Gasteiger partial charge is 0.416 e. The van der Waals surface area contributed by atoms with Gasteiger partial charge >= 0.3 is 18.5 Å². The van der Waals surface area contributed by atoms with Crippen molar-refractivity contribution in [2.24, 2.45) is 0 Å². The Labute approximate surface area is 816 Å². The lowest BCUT2D eigenvalue weighted by atomic mass is 10.0. The van der Waals surface area contributed by atoms with Gasteiger partial charge in [0, 0.05) is 116 Å². The van der Waals surface area contributed by atoms with Gasteiger partial charge in [-0.1, -0.05) is 127 Å². The van der Waals surface area contributed by atoms with Gasteiger partial charge in [0.2, 0.25) is 11.3 Å². The maximum absolute atomic E-state index is 13.4. The number of benzene rings is 9. The lowest BCUT2D eigenvalue weighted by Crippen LogP contribution is -2.13. The second-order valence-electron chi connectivity index (χ2n) is 30.8. The average molecular weight is 2230 g/mol. The Morgan fingerprint density at radius 3 is 1.05 bits per heavy atom. The molecular formula is C89H91F17N4O23S10. The predicted octanol–water partition coefficient (Wildman–Crippen LogP) is 17.0. The van der Waals surface area contributed by atoms with Gasteiger partial charge in [0.05, 0.1) is 92.1 Å². The first-order valence-corrected chi connectivity index (χ1v) is 59.6. The van der Waals surface area contributed by atoms with Crippen molar-refractivity contribution in [3.05, 3.63) is 377 Å². The van der Waals surface area contributed by atoms with E-state index in [4.69, 9.17) is 10.00 Å². The Balaban J connectivity index is 0.000000539. The molecule has 0 saturated carbocycles. The molecule has 0 aliphatic heterocycles. The van der Waals surface area contributed by atoms with E-state index in [1.165, 1.54) is 80.7 Å². The summed E-state index contributed by atoms with van der Waals surface area (Å²) in [6, 6.07) is 55.0. The highest BCUT2D eigenvalue weighted by atomic mass is 32.2. The molecule has 1 unspecified atom stereocenters. The van der Waals surface area contributed by atoms with Gasteiger partial charge in [-0.25, -0.2) is 119 Å². The number of alkyl halides is 10. The number of sulfone groups is 10. The molecule has 11 rings (SSSR count). The number of hydrogen-bond acceptors (Lipinski definition) is 26. The normalized spacial score (nSPS) is 12.1. The van der Waals surface area contributed by atoms with Gasteiger partial charge in [0.25, 0.3) is 5.69 Å². The second kappa shape index (κ2) is 54.8. The van der Waals surface area contributed by atoms with E-state index in [1.807, 2.05) is 66.7 Å². The zero-order valence-electron chi connectivity index (χ0n) is 76.6. The van der Waals surface area contributed by atoms with Gasteiger partial charge in [-0.05, 0) is 118 Å². The number of ether oxygens (including phenoxy) is 1. The Bertz CT molecular complexity index is 7200. The maximum Gasteiger partial charge on any atom is 0.416 e. The molecule has 143 heavy (non-hydrogen) atoms. The quantitative estimate of drug-likeness (QED) is 0.0189. The number of pyridine rings is 2. The summed E-state index contributed by atoms with van der Waals surface area (Å²) in [5, 5.41) is 18.2. The number of halogens is 17. The highest BCUT2D eigenvalue weighted by Crippen LogP contribution is 2.38. The van der Waals surface area contributed by atoms with Crippen LogP contribution < -0.4 is 4.74 Å². The molecule has 0 spiro atoms. The van der Waals surface area contributed by atoms with Crippen molar-refractivity contribution in [3.63, 3.8) is 0 Å². The lowest BCUT2D eigenvalue weighted by Gasteiger charge is -2.15. The number of nitro benzene ring substituents is 1. The van der Waals surface area contributed by atoms with Crippen molar-refractivity contribution in [1.29, 1.82) is 5.26 Å². The van der Waals surface area contributed by atoms with Crippen LogP contribution in [0.4, 0.5) is 80.3 Å². The fraction of sp³-hybridized carbons (Fsp3) is 0.270. The Morgan fingerprint density at radius 2 is 0.713 bits per heavy atom. The van der Waals surface area contributed by atoms with Gasteiger partial charge < -0.3 is 4.74 Å². The first-order valence-electron chi connectivity index (χ1n) is 39.2. The molecule has 2 aromatic heterocycles. The lowest BCUT2D eigenvalue weighted by molar-refractivity contribution is -0.384. The molecule has 0 N–H and O–H groups in total. The summed E-state index contributed by atoms with van der Waals surface area (Å²) in [4.78, 5) is 17.4. The molecule has 0 saturated heterocycles. The molecule has 2 heterocycles. The van der Waals surface area contributed by atoms with E-state index in [9.17, 15) is 169 Å². The highest BCUT2D eigenvalue weighted by Gasteiger charge is 2.38. The Hall–Kier alpha value is -11.7. The van der Waals surface area contributed by atoms with Crippen LogP contribution in [0.5, 0.6) is 5.75 Å². The molecule has 0 radical (unpaired) electrons. The standard InChI is InChI=1S/C14H14O2S.C10H8F6O2S.C9H9F3O2S.C9H11FO3S.C9H9NO2S.C8H5F5O2S.C8H8F2O2S.C8H9NO4S.2C7H9NO2S/c1-17(15,16)14(12-8-4-2-5-9-12)13-10-6-3-7-11-13;1-19(17,18)5-6-2-7(9(11,12)13)4-8(3-6)10(14,15)16;1-15(13,14)6-7-2-4-8(5-3-7)9(10,11)12;1-13-8-6-4-3-5-7(8)9(10)14(2,11)12;1-13(11,12)7-9-4-2-8(6-10)3-5-9;1-16(14,15)2-3-4(9)6(11)8(13)7(12)5(3)10;1-13(11,12)5-6-2-3-7(9)4-8(6)10;1-14(12,13)6-7-2-4-8(5-3-7)9(10)11;1-11(9,10)6-7-2-4-8-5-3-7;1-11(9,10)6-7-4-2-3-5-8-7/h2-11,14H,1H3;2-4H,5H2,1H3;2-5H,6H2,1H3;3-6,9H,1-2H3;2-5H,7H2,1H3;2H2,1H3;2-4H,5H2,1H3;2-5H,6H2,1H3;2*2-5H,6H2,1H3. The predicted molar refractivity (Wildman–Crippen MR) is 503 cm³/mol. The minimum Gasteiger partial charge on any atom is -0.496 e. The van der Waals surface area contributed by atoms with Crippen molar-refractivity contribution >= 4 is 104 Å². The monoisotopic (exact) mass is 2230 g/mol. The summed E-state index contributed by atoms with van der Waals surface area (Å²) >= 11 is 0. The van der Waals surface area contributed by atoms with E-state index in [1.54, 1.807) is 85.3 Å². The van der Waals surface area contributed by atoms with E-state index in [0.717, 1.165) is 72.2 Å². The van der Waals surface area contributed by atoms with E-state index in [2.05, 4.69) is 9.97 Å². The zero-order chi connectivity index (χ0) is 110. The minimum absolute atomic E-state index is 0.0103. The van der Waals surface area contributed by atoms with Crippen LogP contribution in [-0.4, -0.2) is 169 Å². The van der Waals surface area contributed by atoms with Crippen molar-refractivity contribution in [3.8, 4) is 11.8 Å². The minimum atomic E-state index is -4.98. The molecule has 1 atom stereocenters. The highest BCUT2D eigenvalue weighted by molar-refractivity contribution is 7.92. The third-order valence-corrected chi connectivity index (χ3v) is 25.9. The summed E-state index contributed by atoms with van der Waals surface area (Å²) in [5.41, 5.74) is -2.63. The fourth-order valence-corrected chi connectivity index (χ4v) is 19.2. The molecule has 0 aliphatic carbocycles. The number of hydrogen-bond donors (Lipinski definition) is 0. The zero-order valence-corrected chi connectivity index (χ0v) is 84.8. The van der Waals surface area contributed by atoms with Crippen molar-refractivity contribution in [2.45, 2.75) is 75.3 Å². The van der Waals surface area contributed by atoms with Gasteiger partial charge in [-0.3, -0.25) is 20.1 Å². The van der Waals surface area contributed by atoms with E-state index in [-0.39, 0.29) is 57.4 Å². The summed E-state index contributed by atoms with van der Waals surface area (Å²) in [5.74, 6) is -14.9. The van der Waals surface area contributed by atoms with Crippen LogP contribution in [0.3, 0.4) is 0 Å². The number of aromatic nitrogens is 2. The molecule has 0 fully saturated rings. The molecule has 27 nitrogen and oxygen atoms in total. The number of methoxy groups -OCH3 is 1. The molecule has 784 valence electrons. The number of nitro groups is 1. The van der Waals surface area contributed by atoms with Crippen molar-refractivity contribution in [1.82, 2.24) is 9.97 Å². The van der Waals surface area contributed by atoms with E-state index in [0.29, 0.717) is 52.4 Å². The number of rotatable bonds is 23. The third kappa shape index (κ3) is 53.4. The van der Waals surface area contributed by atoms with Crippen LogP contribution in [-0.2, 0) is 163 Å². The number of non-ortho nitro benzene ring substituents is 1. The maximum atomic E-state index is 13.4. The van der Waals surface area contributed by atoms with Crippen LogP contribution >= 0.6 is 0 Å². The second-order valence-corrected chi connectivity index (χ2v) is 52.1. The van der Waals surface area contributed by atoms with Crippen LogP contribution in [0.1, 0.15) is 94.3 Å². The van der Waals surface area contributed by atoms with Crippen molar-refractivity contribution in [2.75, 3.05) is 69.7 Å². The van der Waals surface area contributed by atoms with Crippen LogP contribution in [0.2, 0.25) is 0 Å². The summed E-state index contributed by atoms with van der Waals surface area (Å²) in [6.07, 6.45) is 0.620. The largest absolute Gasteiger partial charge is 0.496 e. The fourth-order valence-electron chi connectivity index (χ4n) is 11.0. The molecule has 0 aliphatic rings. The van der Waals surface area contributed by atoms with Crippen LogP contribution in [0.15, 0.2) is 243 Å². The molecule has 54 heteroatoms. The molecule has 0 bridgehead atoms.